The van der Waals surface area contributed by atoms with Crippen molar-refractivity contribution in [2.45, 2.75) is 13.0 Å². The Morgan fingerprint density at radius 3 is 2.14 bits per heavy atom. The molecule has 1 aliphatic rings. The van der Waals surface area contributed by atoms with E-state index < -0.39 is 6.04 Å². The summed E-state index contributed by atoms with van der Waals surface area (Å²) in [6, 6.07) is 5.46. The molecule has 1 unspecified atom stereocenters. The van der Waals surface area contributed by atoms with Crippen LogP contribution in [0, 0.1) is 0 Å². The van der Waals surface area contributed by atoms with Gasteiger partial charge < -0.3 is 15.5 Å². The molecule has 1 amide bonds. The Morgan fingerprint density at radius 1 is 1.14 bits per heavy atom. The number of nitrogens with zero attached hydrogens (tertiary/aromatic N) is 3. The quantitative estimate of drug-likeness (QED) is 0.850. The highest BCUT2D eigenvalue weighted by atomic mass is 35.5. The Labute approximate surface area is 150 Å². The maximum atomic E-state index is 11.7. The van der Waals surface area contributed by atoms with Crippen molar-refractivity contribution < 1.29 is 4.79 Å². The van der Waals surface area contributed by atoms with Gasteiger partial charge in [0.1, 0.15) is 5.82 Å². The number of amides is 1. The van der Waals surface area contributed by atoms with Crippen LogP contribution in [0.2, 0.25) is 0 Å². The Bertz CT molecular complexity index is 386. The summed E-state index contributed by atoms with van der Waals surface area (Å²) in [7, 11) is 0. The molecule has 1 aliphatic heterocycles. The number of halogens is 4. The molecule has 9 heteroatoms. The summed E-state index contributed by atoms with van der Waals surface area (Å²) >= 11 is 0. The van der Waals surface area contributed by atoms with Crippen LogP contribution in [0.3, 0.4) is 0 Å². The molecule has 0 spiro atoms. The molecule has 2 rings (SSSR count). The second kappa shape index (κ2) is 12.1. The zero-order chi connectivity index (χ0) is 12.3. The number of nitrogens with two attached hydrogens (primary N) is 1. The van der Waals surface area contributed by atoms with Crippen LogP contribution in [0.15, 0.2) is 24.4 Å². The van der Waals surface area contributed by atoms with Crippen LogP contribution >= 0.6 is 49.6 Å². The number of carbonyl (C=O) groups is 1. The predicted molar refractivity (Wildman–Crippen MR) is 95.7 cm³/mol. The van der Waals surface area contributed by atoms with Crippen molar-refractivity contribution in [1.29, 1.82) is 0 Å². The third-order valence-electron chi connectivity index (χ3n) is 2.95. The minimum Gasteiger partial charge on any atom is -0.353 e. The first-order chi connectivity index (χ1) is 8.18. The second-order valence-corrected chi connectivity index (χ2v) is 4.29. The number of anilines is 1. The van der Waals surface area contributed by atoms with Crippen LogP contribution in [-0.4, -0.2) is 48.0 Å². The summed E-state index contributed by atoms with van der Waals surface area (Å²) in [4.78, 5) is 20.0. The van der Waals surface area contributed by atoms with Crippen molar-refractivity contribution >= 4 is 61.4 Å². The van der Waals surface area contributed by atoms with Crippen molar-refractivity contribution in [3.63, 3.8) is 0 Å². The average molecular weight is 380 g/mol. The normalized spacial score (nSPS) is 14.6. The zero-order valence-electron chi connectivity index (χ0n) is 11.7. The summed E-state index contributed by atoms with van der Waals surface area (Å²) in [6.07, 6.45) is 1.79. The van der Waals surface area contributed by atoms with Crippen molar-refractivity contribution in [3.05, 3.63) is 24.4 Å². The van der Waals surface area contributed by atoms with Gasteiger partial charge in [-0.05, 0) is 19.1 Å². The van der Waals surface area contributed by atoms with Gasteiger partial charge in [-0.25, -0.2) is 4.98 Å². The lowest BCUT2D eigenvalue weighted by molar-refractivity contribution is -0.132. The molecular weight excluding hydrogens is 358 g/mol. The van der Waals surface area contributed by atoms with Crippen molar-refractivity contribution in [1.82, 2.24) is 9.88 Å². The zero-order valence-corrected chi connectivity index (χ0v) is 14.9. The molecule has 124 valence electrons. The van der Waals surface area contributed by atoms with E-state index in [9.17, 15) is 4.79 Å². The minimum atomic E-state index is -0.406. The molecule has 21 heavy (non-hydrogen) atoms. The standard InChI is InChI=1S/C12H18N4O.4ClH/c1-10(13)12(17)16-8-6-15(7-9-16)11-4-2-3-5-14-11;;;;/h2-5,10H,6-9,13H2,1H3;4*1H. The summed E-state index contributed by atoms with van der Waals surface area (Å²) in [5.74, 6) is 1.01. The second-order valence-electron chi connectivity index (χ2n) is 4.29. The van der Waals surface area contributed by atoms with E-state index in [0.717, 1.165) is 32.0 Å². The fraction of sp³-hybridized carbons (Fsp3) is 0.500. The highest BCUT2D eigenvalue weighted by Gasteiger charge is 2.23. The summed E-state index contributed by atoms with van der Waals surface area (Å²) in [6.45, 7) is 4.80. The number of hydrogen-bond acceptors (Lipinski definition) is 4. The van der Waals surface area contributed by atoms with Gasteiger partial charge in [0.15, 0.2) is 0 Å². The fourth-order valence-corrected chi connectivity index (χ4v) is 1.98. The van der Waals surface area contributed by atoms with E-state index in [4.69, 9.17) is 5.73 Å². The molecule has 1 aromatic heterocycles. The van der Waals surface area contributed by atoms with Crippen LogP contribution in [0.4, 0.5) is 5.82 Å². The van der Waals surface area contributed by atoms with Gasteiger partial charge in [0.25, 0.3) is 0 Å². The molecule has 1 aromatic rings. The van der Waals surface area contributed by atoms with Crippen molar-refractivity contribution in [2.75, 3.05) is 31.1 Å². The van der Waals surface area contributed by atoms with Crippen molar-refractivity contribution in [2.24, 2.45) is 5.73 Å². The van der Waals surface area contributed by atoms with E-state index in [1.165, 1.54) is 0 Å². The summed E-state index contributed by atoms with van der Waals surface area (Å²) < 4.78 is 0. The van der Waals surface area contributed by atoms with E-state index in [0.29, 0.717) is 0 Å². The number of piperazine rings is 1. The van der Waals surface area contributed by atoms with Crippen LogP contribution in [-0.2, 0) is 4.79 Å². The number of aromatic nitrogens is 1. The van der Waals surface area contributed by atoms with Gasteiger partial charge in [-0.2, -0.15) is 0 Å². The van der Waals surface area contributed by atoms with Gasteiger partial charge in [0.2, 0.25) is 5.91 Å². The average Bonchev–Trinajstić information content (AvgIpc) is 2.39. The molecule has 5 nitrogen and oxygen atoms in total. The van der Waals surface area contributed by atoms with Gasteiger partial charge in [0, 0.05) is 32.4 Å². The Hall–Kier alpha value is -0.460. The van der Waals surface area contributed by atoms with E-state index in [1.54, 1.807) is 13.1 Å². The fourth-order valence-electron chi connectivity index (χ4n) is 1.98. The maximum absolute atomic E-state index is 11.7. The van der Waals surface area contributed by atoms with E-state index in [1.807, 2.05) is 23.1 Å². The molecule has 0 radical (unpaired) electrons. The van der Waals surface area contributed by atoms with Gasteiger partial charge in [-0.15, -0.1) is 49.6 Å². The molecule has 0 bridgehead atoms. The lowest BCUT2D eigenvalue weighted by atomic mass is 10.2. The van der Waals surface area contributed by atoms with E-state index in [-0.39, 0.29) is 55.5 Å². The monoisotopic (exact) mass is 378 g/mol. The van der Waals surface area contributed by atoms with Gasteiger partial charge in [-0.3, -0.25) is 4.79 Å². The van der Waals surface area contributed by atoms with Crippen LogP contribution < -0.4 is 10.6 Å². The molecule has 0 aliphatic carbocycles. The molecule has 1 saturated heterocycles. The summed E-state index contributed by atoms with van der Waals surface area (Å²) in [5.41, 5.74) is 5.60. The van der Waals surface area contributed by atoms with Crippen LogP contribution in [0.5, 0.6) is 0 Å². The lowest BCUT2D eigenvalue weighted by Crippen LogP contribution is -2.52. The molecule has 0 saturated carbocycles. The van der Waals surface area contributed by atoms with Crippen LogP contribution in [0.1, 0.15) is 6.92 Å². The molecule has 1 fully saturated rings. The highest BCUT2D eigenvalue weighted by Crippen LogP contribution is 2.12. The minimum absolute atomic E-state index is 0. The molecule has 2 heterocycles. The largest absolute Gasteiger partial charge is 0.353 e. The molecule has 2 N–H and O–H groups in total. The highest BCUT2D eigenvalue weighted by molar-refractivity contribution is 5.86. The van der Waals surface area contributed by atoms with Gasteiger partial charge >= 0.3 is 0 Å². The van der Waals surface area contributed by atoms with E-state index >= 15 is 0 Å². The number of pyridine rings is 1. The number of rotatable bonds is 2. The third kappa shape index (κ3) is 6.89. The topological polar surface area (TPSA) is 62.5 Å². The Balaban J connectivity index is -0.000000810. The first-order valence-corrected chi connectivity index (χ1v) is 5.89. The number of hydrogen-bond donors (Lipinski definition) is 1. The molecule has 0 aromatic carbocycles. The summed E-state index contributed by atoms with van der Waals surface area (Å²) in [5, 5.41) is 0. The Kier molecular flexibility index (Phi) is 14.7. The first kappa shape index (κ1) is 25.5. The predicted octanol–water partition coefficient (Wildman–Crippen LogP) is 1.76. The van der Waals surface area contributed by atoms with Crippen molar-refractivity contribution in [3.8, 4) is 0 Å². The number of carbonyl (C=O) groups excluding carboxylic acids is 1. The SMILES string of the molecule is CC(N)C(=O)N1CCN(c2ccccn2)CC1.Cl.Cl.Cl.Cl. The third-order valence-corrected chi connectivity index (χ3v) is 2.95. The van der Waals surface area contributed by atoms with Gasteiger partial charge in [-0.1, -0.05) is 6.07 Å². The van der Waals surface area contributed by atoms with Crippen LogP contribution in [0.25, 0.3) is 0 Å². The Morgan fingerprint density at radius 2 is 1.71 bits per heavy atom. The lowest BCUT2D eigenvalue weighted by Gasteiger charge is -2.36. The molecular formula is C12H22Cl4N4O. The maximum Gasteiger partial charge on any atom is 0.239 e. The van der Waals surface area contributed by atoms with E-state index in [2.05, 4.69) is 9.88 Å². The van der Waals surface area contributed by atoms with Gasteiger partial charge in [0.05, 0.1) is 6.04 Å². The first-order valence-electron chi connectivity index (χ1n) is 5.89. The smallest absolute Gasteiger partial charge is 0.239 e. The molecule has 1 atom stereocenters.